The van der Waals surface area contributed by atoms with Crippen LogP contribution in [0.1, 0.15) is 92.4 Å². The van der Waals surface area contributed by atoms with Gasteiger partial charge < -0.3 is 188 Å². The maximum atomic E-state index is 12.2. The fourth-order valence-corrected chi connectivity index (χ4v) is 20.6. The lowest BCUT2D eigenvalue weighted by atomic mass is 9.44. The second-order valence-corrected chi connectivity index (χ2v) is 32.8. The Hall–Kier alpha value is -1.52. The number of fused-ring (bicyclic) bond motifs is 7. The molecule has 0 radical (unpaired) electrons. The molecule has 13 rings (SSSR count). The Labute approximate surface area is 616 Å². The summed E-state index contributed by atoms with van der Waals surface area (Å²) in [6, 6.07) is 0. The summed E-state index contributed by atoms with van der Waals surface area (Å²) in [4.78, 5) is 0. The summed E-state index contributed by atoms with van der Waals surface area (Å²) in [7, 11) is 0. The molecule has 4 saturated carbocycles. The van der Waals surface area contributed by atoms with Crippen LogP contribution in [0, 0.1) is 52.3 Å². The highest BCUT2D eigenvalue weighted by Gasteiger charge is 2.71. The van der Waals surface area contributed by atoms with E-state index in [-0.39, 0.29) is 40.6 Å². The largest absolute Gasteiger partial charge is 0.394 e. The lowest BCUT2D eigenvalue weighted by molar-refractivity contribution is -0.414. The normalized spacial score (nSPS) is 57.3. The fraction of sp³-hybridized carbons (Fsp3) is 1.00. The first-order chi connectivity index (χ1) is 50.8. The van der Waals surface area contributed by atoms with Crippen LogP contribution in [0.25, 0.3) is 0 Å². The molecule has 0 bridgehead atoms. The highest BCUT2D eigenvalue weighted by atomic mass is 16.8. The first-order valence-electron chi connectivity index (χ1n) is 37.8. The number of aliphatic hydroxyl groups is 22. The van der Waals surface area contributed by atoms with Crippen molar-refractivity contribution < 1.29 is 188 Å². The molecule has 0 aromatic rings. The summed E-state index contributed by atoms with van der Waals surface area (Å²) in [6.07, 6.45) is -59.2. The van der Waals surface area contributed by atoms with Crippen molar-refractivity contribution in [3.8, 4) is 0 Å². The first-order valence-corrected chi connectivity index (χ1v) is 37.8. The van der Waals surface area contributed by atoms with E-state index in [0.717, 1.165) is 38.5 Å². The van der Waals surface area contributed by atoms with Crippen LogP contribution in [0.4, 0.5) is 0 Å². The van der Waals surface area contributed by atoms with Gasteiger partial charge in [-0.3, -0.25) is 0 Å². The van der Waals surface area contributed by atoms with Gasteiger partial charge in [0.2, 0.25) is 0 Å². The zero-order chi connectivity index (χ0) is 77.1. The van der Waals surface area contributed by atoms with E-state index >= 15 is 0 Å². The topological polar surface area (TPSA) is 593 Å². The first kappa shape index (κ1) is 83.4. The summed E-state index contributed by atoms with van der Waals surface area (Å²) < 4.78 is 98.2. The molecule has 9 saturated heterocycles. The van der Waals surface area contributed by atoms with E-state index in [4.69, 9.17) is 75.8 Å². The molecule has 13 fully saturated rings. The van der Waals surface area contributed by atoms with Crippen molar-refractivity contribution in [2.75, 3.05) is 46.2 Å². The van der Waals surface area contributed by atoms with Crippen molar-refractivity contribution in [1.82, 2.24) is 0 Å². The van der Waals surface area contributed by atoms with Crippen LogP contribution in [0.3, 0.4) is 0 Å². The van der Waals surface area contributed by atoms with Gasteiger partial charge in [0.1, 0.15) is 165 Å². The molecular formula is C69H114O38. The number of hydrogen-bond acceptors (Lipinski definition) is 38. The Morgan fingerprint density at radius 2 is 0.785 bits per heavy atom. The molecule has 4 aliphatic carbocycles. The number of ether oxygens (including phenoxy) is 16. The van der Waals surface area contributed by atoms with Gasteiger partial charge in [0.15, 0.2) is 49.8 Å². The maximum Gasteiger partial charge on any atom is 0.187 e. The molecule has 9 heterocycles. The molecule has 0 aromatic carbocycles. The Balaban J connectivity index is 0.693. The van der Waals surface area contributed by atoms with Gasteiger partial charge in [0.25, 0.3) is 0 Å². The molecule has 9 aliphatic heterocycles. The Morgan fingerprint density at radius 1 is 0.355 bits per heavy atom. The lowest BCUT2D eigenvalue weighted by Crippen LogP contribution is -2.69. The Kier molecular flexibility index (Phi) is 25.9. The minimum atomic E-state index is -2.30. The summed E-state index contributed by atoms with van der Waals surface area (Å²) in [6.45, 7) is 4.98. The van der Waals surface area contributed by atoms with Crippen LogP contribution in [0.2, 0.25) is 0 Å². The van der Waals surface area contributed by atoms with Gasteiger partial charge in [-0.2, -0.15) is 0 Å². The van der Waals surface area contributed by atoms with Crippen LogP contribution in [-0.4, -0.2) is 398 Å². The van der Waals surface area contributed by atoms with Gasteiger partial charge >= 0.3 is 0 Å². The van der Waals surface area contributed by atoms with E-state index in [1.807, 2.05) is 6.92 Å². The maximum absolute atomic E-state index is 12.2. The molecule has 48 atom stereocenters. The van der Waals surface area contributed by atoms with Gasteiger partial charge in [-0.15, -0.1) is 0 Å². The quantitative estimate of drug-likeness (QED) is 0.0503. The minimum Gasteiger partial charge on any atom is -0.394 e. The smallest absolute Gasteiger partial charge is 0.187 e. The molecule has 0 aromatic heterocycles. The number of rotatable bonds is 20. The molecular weight excluding hydrogens is 1440 g/mol. The van der Waals surface area contributed by atoms with Gasteiger partial charge in [0, 0.05) is 18.3 Å². The number of aliphatic hydroxyl groups excluding tert-OH is 22. The van der Waals surface area contributed by atoms with Crippen LogP contribution >= 0.6 is 0 Å². The molecule has 22 N–H and O–H groups in total. The summed E-state index contributed by atoms with van der Waals surface area (Å²) >= 11 is 0. The lowest BCUT2D eigenvalue weighted by Gasteiger charge is -2.61. The third-order valence-electron chi connectivity index (χ3n) is 26.9. The van der Waals surface area contributed by atoms with E-state index in [2.05, 4.69) is 20.8 Å². The van der Waals surface area contributed by atoms with Crippen molar-refractivity contribution in [3.05, 3.63) is 0 Å². The SMILES string of the molecule is C[C@@H]1O[C@@H](O[C@H]2[C@H](O)[C@@H](O)[C@H](O[C@H]3[C@H](O)[C@@H](CO)O[C@@H](O[C@@H]4[C@H](O)[C@@H](O)[C@H](O[C@H]5CC[C@@]6(C)[C@@H](CC[C@@H]7[C@@H]6CC[C@]6(C)[C@@H]8[C@H](C[C@@H]76)O[C@]6(C[C@H](O[C@@H]7O[C@H](CO)[C@@H](O)[C@H](O)[C@H]7O)[C@@H](C)CO6)[C@H]8C)C5)O[C@@H]4CO)[C@@H]3O[C@@H]3O[C@H](CO)[C@@H](O)[C@H](O[C@@H]4O[C@H](CO)[C@@H](O)[C@H](O)[C@H]4O)[C@H]3O)O[C@@H]2CO)[C@H](O)[C@H](O)[C@H]1O. The van der Waals surface area contributed by atoms with Crippen LogP contribution in [0.5, 0.6) is 0 Å². The van der Waals surface area contributed by atoms with E-state index in [9.17, 15) is 112 Å². The highest BCUT2D eigenvalue weighted by molar-refractivity contribution is 5.16. The van der Waals surface area contributed by atoms with E-state index < -0.39 is 273 Å². The molecule has 13 aliphatic rings. The monoisotopic (exact) mass is 1550 g/mol. The van der Waals surface area contributed by atoms with Gasteiger partial charge in [-0.25, -0.2) is 0 Å². The summed E-state index contributed by atoms with van der Waals surface area (Å²) in [5.74, 6) is 0.279. The molecule has 38 nitrogen and oxygen atoms in total. The van der Waals surface area contributed by atoms with Gasteiger partial charge in [0.05, 0.1) is 70.7 Å². The van der Waals surface area contributed by atoms with Gasteiger partial charge in [-0.1, -0.05) is 27.7 Å². The van der Waals surface area contributed by atoms with Crippen molar-refractivity contribution in [2.45, 2.75) is 331 Å². The van der Waals surface area contributed by atoms with Crippen molar-refractivity contribution in [3.63, 3.8) is 0 Å². The van der Waals surface area contributed by atoms with Crippen molar-refractivity contribution in [2.24, 2.45) is 52.3 Å². The molecule has 107 heavy (non-hydrogen) atoms. The van der Waals surface area contributed by atoms with Crippen molar-refractivity contribution in [1.29, 1.82) is 0 Å². The van der Waals surface area contributed by atoms with E-state index in [1.54, 1.807) is 0 Å². The zero-order valence-corrected chi connectivity index (χ0v) is 60.2. The summed E-state index contributed by atoms with van der Waals surface area (Å²) in [5.41, 5.74) is -0.193. The third-order valence-corrected chi connectivity index (χ3v) is 26.9. The fourth-order valence-electron chi connectivity index (χ4n) is 20.6. The molecule has 0 amide bonds. The van der Waals surface area contributed by atoms with Crippen LogP contribution < -0.4 is 0 Å². The second kappa shape index (κ2) is 33.2. The van der Waals surface area contributed by atoms with Crippen LogP contribution in [0.15, 0.2) is 0 Å². The average Bonchev–Trinajstić information content (AvgIpc) is 1.54. The minimum absolute atomic E-state index is 0.0412. The number of hydrogen-bond donors (Lipinski definition) is 22. The zero-order valence-electron chi connectivity index (χ0n) is 60.2. The molecule has 1 spiro atoms. The van der Waals surface area contributed by atoms with E-state index in [0.29, 0.717) is 43.6 Å². The summed E-state index contributed by atoms with van der Waals surface area (Å²) in [5, 5.41) is 242. The Bertz CT molecular complexity index is 2880. The van der Waals surface area contributed by atoms with Crippen molar-refractivity contribution >= 4 is 0 Å². The highest BCUT2D eigenvalue weighted by Crippen LogP contribution is 2.72. The van der Waals surface area contributed by atoms with E-state index in [1.165, 1.54) is 6.92 Å². The third kappa shape index (κ3) is 15.1. The Morgan fingerprint density at radius 3 is 1.35 bits per heavy atom. The standard InChI is InChI=1S/C69H114O38/c1-22-21-92-69(14-31(22)95-62-50(87)45(82)40(77)32(15-70)96-62)23(2)38-30(107-69)13-29-27-7-6-25-12-26(8-10-67(25,4)28(27)9-11-68(29,38)5)94-61-52(89)47(84)56(37(20-75)100-61)103-66-59(106-65-54(91)57(42(79)34(17-72)98-65)104-63-51(88)46(83)41(78)33(16-71)97-63)58(43(80)35(18-73)99-66)105-64-53(90)48(85)55(36(19-74)101-64)102-60-49(86)44(81)39(76)24(3)93-60/h22-66,70-91H,6-21H2,1-5H3/t22-,23-,24-,25-,26-,27+,28-,29-,30-,31-,32+,33+,34+,35+,36+,37+,38-,39-,40+,41+,42+,43+,44+,45-,46-,47+,48+,49+,50+,51+,52+,53+,54+,55+,56-,57-,58-,59+,60-,61+,62+,63-,64-,65-,66-,67-,68-,69+/m0/s1. The van der Waals surface area contributed by atoms with Crippen LogP contribution in [-0.2, 0) is 75.8 Å². The average molecular weight is 1550 g/mol. The predicted octanol–water partition coefficient (Wildman–Crippen LogP) is -9.44. The predicted molar refractivity (Wildman–Crippen MR) is 346 cm³/mol. The molecule has 0 unspecified atom stereocenters. The van der Waals surface area contributed by atoms with Gasteiger partial charge in [-0.05, 0) is 98.7 Å². The molecule has 38 heteroatoms. The second-order valence-electron chi connectivity index (χ2n) is 32.8. The molecule has 618 valence electrons.